The Balaban J connectivity index is 1.82. The van der Waals surface area contributed by atoms with Gasteiger partial charge in [-0.1, -0.05) is 18.2 Å². The number of methoxy groups -OCH3 is 2. The highest BCUT2D eigenvalue weighted by atomic mass is 16.5. The number of amides is 1. The molecule has 2 aromatic heterocycles. The number of para-hydroxylation sites is 1. The van der Waals surface area contributed by atoms with E-state index in [0.717, 1.165) is 5.56 Å². The Labute approximate surface area is 145 Å². The number of nitrogens with zero attached hydrogens (tertiary/aromatic N) is 3. The summed E-state index contributed by atoms with van der Waals surface area (Å²) in [7, 11) is 3.18. The number of carbonyl (C=O) groups is 1. The summed E-state index contributed by atoms with van der Waals surface area (Å²) in [6, 6.07) is 12.5. The molecule has 25 heavy (non-hydrogen) atoms. The molecule has 2 heterocycles. The molecule has 1 aromatic carbocycles. The van der Waals surface area contributed by atoms with E-state index in [1.807, 2.05) is 18.2 Å². The van der Waals surface area contributed by atoms with Crippen LogP contribution in [0.25, 0.3) is 0 Å². The molecule has 0 radical (unpaired) electrons. The van der Waals surface area contributed by atoms with Crippen LogP contribution in [-0.4, -0.2) is 34.9 Å². The standard InChI is InChI=1S/C18H18N4O3/c1-24-15-8-5-6-13(17(15)25-2)12-22-16(9-11-20-22)21-18(23)14-7-3-4-10-19-14/h3-11H,12H2,1-2H3,(H,21,23). The smallest absolute Gasteiger partial charge is 0.275 e. The summed E-state index contributed by atoms with van der Waals surface area (Å²) >= 11 is 0. The fourth-order valence-electron chi connectivity index (χ4n) is 2.48. The molecule has 3 aromatic rings. The summed E-state index contributed by atoms with van der Waals surface area (Å²) in [5.41, 5.74) is 1.23. The second kappa shape index (κ2) is 7.48. The predicted octanol–water partition coefficient (Wildman–Crippen LogP) is 2.60. The Morgan fingerprint density at radius 1 is 1.08 bits per heavy atom. The van der Waals surface area contributed by atoms with Gasteiger partial charge in [-0.3, -0.25) is 9.78 Å². The first-order valence-corrected chi connectivity index (χ1v) is 7.67. The van der Waals surface area contributed by atoms with Gasteiger partial charge in [0.25, 0.3) is 5.91 Å². The molecule has 0 aliphatic rings. The van der Waals surface area contributed by atoms with E-state index >= 15 is 0 Å². The number of benzene rings is 1. The van der Waals surface area contributed by atoms with Crippen LogP contribution in [0.2, 0.25) is 0 Å². The number of carbonyl (C=O) groups excluding carboxylic acids is 1. The molecule has 0 fully saturated rings. The van der Waals surface area contributed by atoms with E-state index in [4.69, 9.17) is 9.47 Å². The minimum Gasteiger partial charge on any atom is -0.493 e. The van der Waals surface area contributed by atoms with Crippen molar-refractivity contribution in [2.45, 2.75) is 6.54 Å². The molecule has 0 saturated carbocycles. The van der Waals surface area contributed by atoms with Gasteiger partial charge in [0.05, 0.1) is 27.0 Å². The van der Waals surface area contributed by atoms with E-state index in [0.29, 0.717) is 29.6 Å². The highest BCUT2D eigenvalue weighted by molar-refractivity contribution is 6.02. The Morgan fingerprint density at radius 2 is 1.96 bits per heavy atom. The fraction of sp³-hybridized carbons (Fsp3) is 0.167. The lowest BCUT2D eigenvalue weighted by atomic mass is 10.2. The van der Waals surface area contributed by atoms with Gasteiger partial charge in [0, 0.05) is 17.8 Å². The molecular formula is C18H18N4O3. The van der Waals surface area contributed by atoms with Crippen molar-refractivity contribution in [3.63, 3.8) is 0 Å². The van der Waals surface area contributed by atoms with Crippen molar-refractivity contribution in [1.82, 2.24) is 14.8 Å². The average molecular weight is 338 g/mol. The second-order valence-corrected chi connectivity index (χ2v) is 5.20. The summed E-state index contributed by atoms with van der Waals surface area (Å²) in [6.07, 6.45) is 3.20. The zero-order valence-corrected chi connectivity index (χ0v) is 14.0. The van der Waals surface area contributed by atoms with Crippen LogP contribution in [0.3, 0.4) is 0 Å². The summed E-state index contributed by atoms with van der Waals surface area (Å²) < 4.78 is 12.4. The predicted molar refractivity (Wildman–Crippen MR) is 93.1 cm³/mol. The van der Waals surface area contributed by atoms with Crippen LogP contribution in [0, 0.1) is 0 Å². The Morgan fingerprint density at radius 3 is 2.68 bits per heavy atom. The fourth-order valence-corrected chi connectivity index (χ4v) is 2.48. The number of nitrogens with one attached hydrogen (secondary N) is 1. The third-order valence-corrected chi connectivity index (χ3v) is 3.66. The highest BCUT2D eigenvalue weighted by Crippen LogP contribution is 2.31. The number of rotatable bonds is 6. The third-order valence-electron chi connectivity index (χ3n) is 3.66. The third kappa shape index (κ3) is 3.60. The largest absolute Gasteiger partial charge is 0.493 e. The molecule has 7 nitrogen and oxygen atoms in total. The molecule has 0 saturated heterocycles. The van der Waals surface area contributed by atoms with Crippen LogP contribution < -0.4 is 14.8 Å². The number of hydrogen-bond donors (Lipinski definition) is 1. The maximum absolute atomic E-state index is 12.3. The van der Waals surface area contributed by atoms with Crippen molar-refractivity contribution in [1.29, 1.82) is 0 Å². The number of ether oxygens (including phenoxy) is 2. The summed E-state index contributed by atoms with van der Waals surface area (Å²) in [6.45, 7) is 0.422. The molecule has 0 spiro atoms. The van der Waals surface area contributed by atoms with Crippen LogP contribution in [0.15, 0.2) is 54.9 Å². The number of anilines is 1. The molecule has 1 N–H and O–H groups in total. The van der Waals surface area contributed by atoms with Crippen molar-refractivity contribution in [2.75, 3.05) is 19.5 Å². The summed E-state index contributed by atoms with van der Waals surface area (Å²) in [4.78, 5) is 16.3. The molecule has 3 rings (SSSR count). The summed E-state index contributed by atoms with van der Waals surface area (Å²) in [5.74, 6) is 1.56. The maximum Gasteiger partial charge on any atom is 0.275 e. The van der Waals surface area contributed by atoms with Crippen LogP contribution in [0.1, 0.15) is 16.1 Å². The minimum atomic E-state index is -0.292. The highest BCUT2D eigenvalue weighted by Gasteiger charge is 2.14. The molecule has 0 bridgehead atoms. The van der Waals surface area contributed by atoms with Crippen LogP contribution >= 0.6 is 0 Å². The van der Waals surface area contributed by atoms with Crippen LogP contribution in [0.4, 0.5) is 5.82 Å². The van der Waals surface area contributed by atoms with Gasteiger partial charge in [0.15, 0.2) is 11.5 Å². The van der Waals surface area contributed by atoms with Gasteiger partial charge in [0.2, 0.25) is 0 Å². The zero-order chi connectivity index (χ0) is 17.6. The molecule has 0 aliphatic heterocycles. The zero-order valence-electron chi connectivity index (χ0n) is 14.0. The van der Waals surface area contributed by atoms with Crippen molar-refractivity contribution in [2.24, 2.45) is 0 Å². The van der Waals surface area contributed by atoms with E-state index in [1.165, 1.54) is 0 Å². The first-order chi connectivity index (χ1) is 12.2. The van der Waals surface area contributed by atoms with Gasteiger partial charge in [-0.15, -0.1) is 0 Å². The summed E-state index contributed by atoms with van der Waals surface area (Å²) in [5, 5.41) is 7.09. The van der Waals surface area contributed by atoms with E-state index in [9.17, 15) is 4.79 Å². The van der Waals surface area contributed by atoms with E-state index in [1.54, 1.807) is 55.6 Å². The molecule has 0 atom stereocenters. The maximum atomic E-state index is 12.3. The number of hydrogen-bond acceptors (Lipinski definition) is 5. The normalized spacial score (nSPS) is 10.3. The first-order valence-electron chi connectivity index (χ1n) is 7.67. The van der Waals surface area contributed by atoms with Crippen molar-refractivity contribution in [3.8, 4) is 11.5 Å². The van der Waals surface area contributed by atoms with Crippen LogP contribution in [-0.2, 0) is 6.54 Å². The van der Waals surface area contributed by atoms with E-state index in [-0.39, 0.29) is 5.91 Å². The van der Waals surface area contributed by atoms with Gasteiger partial charge in [-0.2, -0.15) is 5.10 Å². The molecule has 0 aliphatic carbocycles. The lowest BCUT2D eigenvalue weighted by Gasteiger charge is -2.14. The Bertz CT molecular complexity index is 862. The average Bonchev–Trinajstić information content (AvgIpc) is 3.08. The topological polar surface area (TPSA) is 78.3 Å². The van der Waals surface area contributed by atoms with Gasteiger partial charge in [-0.05, 0) is 18.2 Å². The molecule has 0 unspecified atom stereocenters. The number of aromatic nitrogens is 3. The van der Waals surface area contributed by atoms with Gasteiger partial charge in [-0.25, -0.2) is 4.68 Å². The quantitative estimate of drug-likeness (QED) is 0.747. The van der Waals surface area contributed by atoms with E-state index < -0.39 is 0 Å². The minimum absolute atomic E-state index is 0.292. The van der Waals surface area contributed by atoms with Crippen molar-refractivity contribution in [3.05, 3.63) is 66.1 Å². The van der Waals surface area contributed by atoms with Gasteiger partial charge < -0.3 is 14.8 Å². The monoisotopic (exact) mass is 338 g/mol. The van der Waals surface area contributed by atoms with E-state index in [2.05, 4.69) is 15.4 Å². The van der Waals surface area contributed by atoms with Crippen molar-refractivity contribution >= 4 is 11.7 Å². The Hall–Kier alpha value is -3.35. The SMILES string of the molecule is COc1cccc(Cn2nccc2NC(=O)c2ccccn2)c1OC. The van der Waals surface area contributed by atoms with Crippen LogP contribution in [0.5, 0.6) is 11.5 Å². The lowest BCUT2D eigenvalue weighted by molar-refractivity contribution is 0.102. The lowest BCUT2D eigenvalue weighted by Crippen LogP contribution is -2.17. The Kier molecular flexibility index (Phi) is 4.94. The van der Waals surface area contributed by atoms with Crippen molar-refractivity contribution < 1.29 is 14.3 Å². The number of pyridine rings is 1. The first kappa shape index (κ1) is 16.5. The molecule has 128 valence electrons. The molecule has 7 heteroatoms. The van der Waals surface area contributed by atoms with Gasteiger partial charge in [0.1, 0.15) is 11.5 Å². The molecule has 1 amide bonds. The van der Waals surface area contributed by atoms with Gasteiger partial charge >= 0.3 is 0 Å². The second-order valence-electron chi connectivity index (χ2n) is 5.20. The molecular weight excluding hydrogens is 320 g/mol.